The second kappa shape index (κ2) is 3.40. The molecular weight excluding hydrogens is 183 g/mol. The second-order valence-corrected chi connectivity index (χ2v) is 3.76. The van der Waals surface area contributed by atoms with E-state index < -0.39 is 5.97 Å². The number of hydrogen-bond donors (Lipinski definition) is 1. The van der Waals surface area contributed by atoms with Gasteiger partial charge in [-0.05, 0) is 36.5 Å². The molecule has 0 aliphatic heterocycles. The van der Waals surface area contributed by atoms with Gasteiger partial charge in [-0.25, -0.2) is 4.39 Å². The highest BCUT2D eigenvalue weighted by atomic mass is 19.1. The third-order valence-corrected chi connectivity index (χ3v) is 2.83. The van der Waals surface area contributed by atoms with Gasteiger partial charge in [0.15, 0.2) is 0 Å². The summed E-state index contributed by atoms with van der Waals surface area (Å²) < 4.78 is 12.6. The second-order valence-electron chi connectivity index (χ2n) is 3.76. The van der Waals surface area contributed by atoms with Crippen molar-refractivity contribution in [2.45, 2.75) is 18.8 Å². The van der Waals surface area contributed by atoms with E-state index >= 15 is 0 Å². The number of carboxylic acids is 1. The van der Waals surface area contributed by atoms with Gasteiger partial charge in [0.1, 0.15) is 5.82 Å². The molecule has 0 spiro atoms. The average molecular weight is 194 g/mol. The van der Waals surface area contributed by atoms with E-state index in [-0.39, 0.29) is 11.7 Å². The van der Waals surface area contributed by atoms with Crippen molar-refractivity contribution in [2.75, 3.05) is 0 Å². The fraction of sp³-hybridized carbons (Fsp3) is 0.364. The van der Waals surface area contributed by atoms with E-state index in [0.29, 0.717) is 18.8 Å². The van der Waals surface area contributed by atoms with E-state index in [1.807, 2.05) is 0 Å². The van der Waals surface area contributed by atoms with Crippen LogP contribution in [0.15, 0.2) is 24.3 Å². The maximum atomic E-state index is 12.6. The van der Waals surface area contributed by atoms with Gasteiger partial charge >= 0.3 is 5.97 Å². The molecule has 1 N–H and O–H groups in total. The summed E-state index contributed by atoms with van der Waals surface area (Å²) in [6, 6.07) is 6.31. The van der Waals surface area contributed by atoms with Gasteiger partial charge in [0.2, 0.25) is 0 Å². The van der Waals surface area contributed by atoms with E-state index in [1.165, 1.54) is 12.1 Å². The molecule has 1 aliphatic carbocycles. The van der Waals surface area contributed by atoms with Crippen molar-refractivity contribution in [1.82, 2.24) is 0 Å². The van der Waals surface area contributed by atoms with Crippen molar-refractivity contribution in [3.63, 3.8) is 0 Å². The van der Waals surface area contributed by atoms with Crippen molar-refractivity contribution in [3.8, 4) is 0 Å². The smallest absolute Gasteiger partial charge is 0.306 e. The fourth-order valence-electron chi connectivity index (χ4n) is 1.83. The minimum absolute atomic E-state index is 0.204. The van der Waals surface area contributed by atoms with Crippen LogP contribution >= 0.6 is 0 Å². The van der Waals surface area contributed by atoms with Crippen LogP contribution in [-0.4, -0.2) is 11.1 Å². The Morgan fingerprint density at radius 2 is 1.86 bits per heavy atom. The van der Waals surface area contributed by atoms with Gasteiger partial charge in [-0.3, -0.25) is 4.79 Å². The molecule has 0 bridgehead atoms. The number of carbonyl (C=O) groups is 1. The van der Waals surface area contributed by atoms with Crippen molar-refractivity contribution < 1.29 is 14.3 Å². The van der Waals surface area contributed by atoms with Crippen LogP contribution in [0.2, 0.25) is 0 Å². The number of carboxylic acid groups (broad SMARTS) is 1. The molecule has 3 heteroatoms. The number of aliphatic carboxylic acids is 1. The van der Waals surface area contributed by atoms with Crippen molar-refractivity contribution >= 4 is 5.97 Å². The van der Waals surface area contributed by atoms with E-state index in [0.717, 1.165) is 5.56 Å². The Hall–Kier alpha value is -1.38. The van der Waals surface area contributed by atoms with Crippen LogP contribution < -0.4 is 0 Å². The van der Waals surface area contributed by atoms with Gasteiger partial charge < -0.3 is 5.11 Å². The molecule has 0 atom stereocenters. The Kier molecular flexibility index (Phi) is 2.23. The first-order valence-electron chi connectivity index (χ1n) is 4.65. The summed E-state index contributed by atoms with van der Waals surface area (Å²) in [6.07, 6.45) is 1.36. The fourth-order valence-corrected chi connectivity index (χ4v) is 1.83. The summed E-state index contributed by atoms with van der Waals surface area (Å²) in [5.74, 6) is -0.868. The third-order valence-electron chi connectivity index (χ3n) is 2.83. The first-order valence-corrected chi connectivity index (χ1v) is 4.65. The molecule has 14 heavy (non-hydrogen) atoms. The minimum atomic E-state index is -0.719. The maximum Gasteiger partial charge on any atom is 0.306 e. The van der Waals surface area contributed by atoms with Gasteiger partial charge in [0.25, 0.3) is 0 Å². The third kappa shape index (κ3) is 1.62. The lowest BCUT2D eigenvalue weighted by atomic mass is 9.71. The Morgan fingerprint density at radius 3 is 2.36 bits per heavy atom. The Morgan fingerprint density at radius 1 is 1.29 bits per heavy atom. The maximum absolute atomic E-state index is 12.6. The normalized spacial score (nSPS) is 25.5. The largest absolute Gasteiger partial charge is 0.481 e. The van der Waals surface area contributed by atoms with Crippen LogP contribution in [0, 0.1) is 11.7 Å². The lowest BCUT2D eigenvalue weighted by Gasteiger charge is -2.32. The summed E-state index contributed by atoms with van der Waals surface area (Å²) in [6.45, 7) is 0. The average Bonchev–Trinajstić information content (AvgIpc) is 2.05. The van der Waals surface area contributed by atoms with E-state index in [2.05, 4.69) is 0 Å². The summed E-state index contributed by atoms with van der Waals surface area (Å²) in [4.78, 5) is 10.6. The summed E-state index contributed by atoms with van der Waals surface area (Å²) in [5.41, 5.74) is 1.05. The van der Waals surface area contributed by atoms with Crippen molar-refractivity contribution in [2.24, 2.45) is 5.92 Å². The number of benzene rings is 1. The Labute approximate surface area is 81.4 Å². The lowest BCUT2D eigenvalue weighted by molar-refractivity contribution is -0.145. The first kappa shape index (κ1) is 9.19. The summed E-state index contributed by atoms with van der Waals surface area (Å²) in [7, 11) is 0. The van der Waals surface area contributed by atoms with Gasteiger partial charge in [-0.2, -0.15) is 0 Å². The topological polar surface area (TPSA) is 37.3 Å². The predicted octanol–water partition coefficient (Wildman–Crippen LogP) is 2.40. The zero-order chi connectivity index (χ0) is 10.1. The predicted molar refractivity (Wildman–Crippen MR) is 49.5 cm³/mol. The lowest BCUT2D eigenvalue weighted by Crippen LogP contribution is -2.28. The molecule has 0 amide bonds. The first-order chi connectivity index (χ1) is 6.66. The highest BCUT2D eigenvalue weighted by Crippen LogP contribution is 2.41. The van der Waals surface area contributed by atoms with Crippen LogP contribution in [0.25, 0.3) is 0 Å². The Bertz CT molecular complexity index is 339. The molecule has 0 aromatic heterocycles. The molecule has 74 valence electrons. The molecule has 1 saturated carbocycles. The van der Waals surface area contributed by atoms with Crippen LogP contribution in [0.4, 0.5) is 4.39 Å². The summed E-state index contributed by atoms with van der Waals surface area (Å²) >= 11 is 0. The van der Waals surface area contributed by atoms with E-state index in [1.54, 1.807) is 12.1 Å². The number of hydrogen-bond acceptors (Lipinski definition) is 1. The van der Waals surface area contributed by atoms with Gasteiger partial charge in [0.05, 0.1) is 5.92 Å². The van der Waals surface area contributed by atoms with Crippen LogP contribution in [-0.2, 0) is 4.79 Å². The van der Waals surface area contributed by atoms with Gasteiger partial charge in [0, 0.05) is 0 Å². The molecule has 1 aromatic rings. The highest BCUT2D eigenvalue weighted by Gasteiger charge is 2.34. The Balaban J connectivity index is 2.00. The van der Waals surface area contributed by atoms with E-state index in [9.17, 15) is 9.18 Å². The molecule has 2 nitrogen and oxygen atoms in total. The molecule has 0 saturated heterocycles. The molecule has 2 rings (SSSR count). The van der Waals surface area contributed by atoms with E-state index in [4.69, 9.17) is 5.11 Å². The number of halogens is 1. The van der Waals surface area contributed by atoms with Crippen LogP contribution in [0.5, 0.6) is 0 Å². The van der Waals surface area contributed by atoms with Crippen LogP contribution in [0.1, 0.15) is 24.3 Å². The minimum Gasteiger partial charge on any atom is -0.481 e. The number of rotatable bonds is 2. The molecule has 0 radical (unpaired) electrons. The SMILES string of the molecule is O=C(O)C1CC(c2ccc(F)cc2)C1. The summed E-state index contributed by atoms with van der Waals surface area (Å²) in [5, 5.41) is 8.68. The van der Waals surface area contributed by atoms with Crippen molar-refractivity contribution in [3.05, 3.63) is 35.6 Å². The zero-order valence-electron chi connectivity index (χ0n) is 7.61. The van der Waals surface area contributed by atoms with Crippen molar-refractivity contribution in [1.29, 1.82) is 0 Å². The molecule has 0 heterocycles. The standard InChI is InChI=1S/C11H11FO2/c12-10-3-1-7(2-4-10)8-5-9(6-8)11(13)14/h1-4,8-9H,5-6H2,(H,13,14). The molecule has 1 fully saturated rings. The molecular formula is C11H11FO2. The van der Waals surface area contributed by atoms with Gasteiger partial charge in [-0.15, -0.1) is 0 Å². The highest BCUT2D eigenvalue weighted by molar-refractivity contribution is 5.71. The molecule has 1 aliphatic rings. The molecule has 0 unspecified atom stereocenters. The molecule has 1 aromatic carbocycles. The van der Waals surface area contributed by atoms with Crippen LogP contribution in [0.3, 0.4) is 0 Å². The monoisotopic (exact) mass is 194 g/mol. The van der Waals surface area contributed by atoms with Gasteiger partial charge in [-0.1, -0.05) is 12.1 Å². The quantitative estimate of drug-likeness (QED) is 0.784. The zero-order valence-corrected chi connectivity index (χ0v) is 7.61.